The second-order valence-corrected chi connectivity index (χ2v) is 5.29. The molecule has 0 spiro atoms. The summed E-state index contributed by atoms with van der Waals surface area (Å²) >= 11 is 1.21. The van der Waals surface area contributed by atoms with Crippen molar-refractivity contribution in [2.24, 2.45) is 0 Å². The van der Waals surface area contributed by atoms with E-state index in [4.69, 9.17) is 0 Å². The molecule has 0 fully saturated rings. The van der Waals surface area contributed by atoms with Gasteiger partial charge in [0.1, 0.15) is 10.7 Å². The SMILES string of the molecule is CCCNc1snnc1Cn1cc([N+](=O)[O-])c(C)cc1=O. The molecule has 2 aromatic heterocycles. The minimum absolute atomic E-state index is 0.0825. The molecule has 9 heteroatoms. The summed E-state index contributed by atoms with van der Waals surface area (Å²) in [7, 11) is 0. The highest BCUT2D eigenvalue weighted by Gasteiger charge is 2.15. The van der Waals surface area contributed by atoms with Crippen molar-refractivity contribution in [3.8, 4) is 0 Å². The van der Waals surface area contributed by atoms with Gasteiger partial charge in [-0.3, -0.25) is 14.9 Å². The smallest absolute Gasteiger partial charge is 0.288 e. The molecule has 2 rings (SSSR count). The normalized spacial score (nSPS) is 10.6. The molecule has 0 saturated heterocycles. The summed E-state index contributed by atoms with van der Waals surface area (Å²) < 4.78 is 5.13. The van der Waals surface area contributed by atoms with Crippen molar-refractivity contribution in [3.05, 3.63) is 44.0 Å². The van der Waals surface area contributed by atoms with E-state index in [1.807, 2.05) is 6.92 Å². The third-order valence-electron chi connectivity index (χ3n) is 2.91. The van der Waals surface area contributed by atoms with E-state index in [0.717, 1.165) is 18.0 Å². The molecule has 1 N–H and O–H groups in total. The van der Waals surface area contributed by atoms with Crippen molar-refractivity contribution in [2.45, 2.75) is 26.8 Å². The minimum Gasteiger partial charge on any atom is -0.374 e. The summed E-state index contributed by atoms with van der Waals surface area (Å²) in [6.07, 6.45) is 2.20. The van der Waals surface area contributed by atoms with E-state index >= 15 is 0 Å². The fraction of sp³-hybridized carbons (Fsp3) is 0.417. The van der Waals surface area contributed by atoms with Crippen molar-refractivity contribution in [1.82, 2.24) is 14.2 Å². The standard InChI is InChI=1S/C12H15N5O3S/c1-3-4-13-12-9(14-15-21-12)6-16-7-10(17(19)20)8(2)5-11(16)18/h5,7,13H,3-4,6H2,1-2H3. The number of rotatable bonds is 6. The number of pyridine rings is 1. The number of aromatic nitrogens is 3. The lowest BCUT2D eigenvalue weighted by Crippen LogP contribution is -2.21. The molecule has 0 unspecified atom stereocenters. The number of nitrogens with zero attached hydrogens (tertiary/aromatic N) is 4. The van der Waals surface area contributed by atoms with Gasteiger partial charge in [-0.2, -0.15) is 0 Å². The molecule has 2 heterocycles. The molecule has 21 heavy (non-hydrogen) atoms. The van der Waals surface area contributed by atoms with Crippen LogP contribution in [0.25, 0.3) is 0 Å². The lowest BCUT2D eigenvalue weighted by Gasteiger charge is -2.07. The first kappa shape index (κ1) is 15.1. The van der Waals surface area contributed by atoms with Crippen molar-refractivity contribution < 1.29 is 4.92 Å². The molecule has 0 aliphatic rings. The van der Waals surface area contributed by atoms with Gasteiger partial charge in [-0.05, 0) is 13.3 Å². The second-order valence-electron chi connectivity index (χ2n) is 4.54. The molecule has 0 amide bonds. The zero-order chi connectivity index (χ0) is 15.4. The van der Waals surface area contributed by atoms with Crippen LogP contribution in [0.5, 0.6) is 0 Å². The molecule has 0 radical (unpaired) electrons. The first-order chi connectivity index (χ1) is 10.0. The summed E-state index contributed by atoms with van der Waals surface area (Å²) in [4.78, 5) is 22.4. The number of nitrogens with one attached hydrogen (secondary N) is 1. The lowest BCUT2D eigenvalue weighted by molar-refractivity contribution is -0.385. The zero-order valence-corrected chi connectivity index (χ0v) is 12.5. The predicted octanol–water partition coefficient (Wildman–Crippen LogP) is 1.79. The Labute approximate surface area is 124 Å². The molecule has 0 aromatic carbocycles. The van der Waals surface area contributed by atoms with Crippen LogP contribution < -0.4 is 10.9 Å². The molecule has 0 atom stereocenters. The van der Waals surface area contributed by atoms with Crippen molar-refractivity contribution in [2.75, 3.05) is 11.9 Å². The number of hydrogen-bond donors (Lipinski definition) is 1. The highest BCUT2D eigenvalue weighted by molar-refractivity contribution is 7.10. The van der Waals surface area contributed by atoms with E-state index in [-0.39, 0.29) is 17.8 Å². The summed E-state index contributed by atoms with van der Waals surface area (Å²) in [5.41, 5.74) is 0.573. The first-order valence-electron chi connectivity index (χ1n) is 6.43. The molecule has 0 saturated carbocycles. The van der Waals surface area contributed by atoms with Gasteiger partial charge in [-0.1, -0.05) is 11.4 Å². The summed E-state index contributed by atoms with van der Waals surface area (Å²) in [5, 5.41) is 18.9. The van der Waals surface area contributed by atoms with Crippen LogP contribution in [0.3, 0.4) is 0 Å². The van der Waals surface area contributed by atoms with Crippen LogP contribution in [0.4, 0.5) is 10.7 Å². The molecule has 112 valence electrons. The third-order valence-corrected chi connectivity index (χ3v) is 3.64. The van der Waals surface area contributed by atoms with Crippen LogP contribution in [0.2, 0.25) is 0 Å². The summed E-state index contributed by atoms with van der Waals surface area (Å²) in [6, 6.07) is 1.26. The van der Waals surface area contributed by atoms with Gasteiger partial charge in [0.25, 0.3) is 11.2 Å². The Morgan fingerprint density at radius 1 is 1.52 bits per heavy atom. The van der Waals surface area contributed by atoms with Crippen molar-refractivity contribution in [3.63, 3.8) is 0 Å². The molecule has 8 nitrogen and oxygen atoms in total. The highest BCUT2D eigenvalue weighted by atomic mass is 32.1. The predicted molar refractivity (Wildman–Crippen MR) is 79.9 cm³/mol. The fourth-order valence-corrected chi connectivity index (χ4v) is 2.41. The van der Waals surface area contributed by atoms with Crippen molar-refractivity contribution in [1.29, 1.82) is 0 Å². The number of aryl methyl sites for hydroxylation is 1. The maximum atomic E-state index is 11.9. The Balaban J connectivity index is 2.32. The zero-order valence-electron chi connectivity index (χ0n) is 11.7. The second kappa shape index (κ2) is 6.44. The van der Waals surface area contributed by atoms with E-state index < -0.39 is 4.92 Å². The highest BCUT2D eigenvalue weighted by Crippen LogP contribution is 2.20. The Hall–Kier alpha value is -2.29. The minimum atomic E-state index is -0.499. The van der Waals surface area contributed by atoms with Crippen LogP contribution in [-0.4, -0.2) is 25.6 Å². The van der Waals surface area contributed by atoms with Gasteiger partial charge in [-0.25, -0.2) is 0 Å². The van der Waals surface area contributed by atoms with E-state index in [9.17, 15) is 14.9 Å². The van der Waals surface area contributed by atoms with E-state index in [0.29, 0.717) is 11.3 Å². The summed E-state index contributed by atoms with van der Waals surface area (Å²) in [6.45, 7) is 4.51. The Kier molecular flexibility index (Phi) is 4.63. The number of nitro groups is 1. The van der Waals surface area contributed by atoms with Gasteiger partial charge in [0.15, 0.2) is 0 Å². The van der Waals surface area contributed by atoms with Gasteiger partial charge in [0.2, 0.25) is 0 Å². The molecule has 0 bridgehead atoms. The lowest BCUT2D eigenvalue weighted by atomic mass is 10.2. The third kappa shape index (κ3) is 3.43. The van der Waals surface area contributed by atoms with Crippen molar-refractivity contribution >= 4 is 22.2 Å². The molecular weight excluding hydrogens is 294 g/mol. The van der Waals surface area contributed by atoms with Gasteiger partial charge < -0.3 is 9.88 Å². The van der Waals surface area contributed by atoms with Crippen LogP contribution in [0, 0.1) is 17.0 Å². The largest absolute Gasteiger partial charge is 0.374 e. The average Bonchev–Trinajstić information content (AvgIpc) is 2.86. The Morgan fingerprint density at radius 2 is 2.29 bits per heavy atom. The molecule has 2 aromatic rings. The van der Waals surface area contributed by atoms with E-state index in [1.54, 1.807) is 6.92 Å². The Bertz CT molecular complexity index is 709. The first-order valence-corrected chi connectivity index (χ1v) is 7.20. The maximum absolute atomic E-state index is 11.9. The van der Waals surface area contributed by atoms with Gasteiger partial charge in [-0.15, -0.1) is 5.10 Å². The quantitative estimate of drug-likeness (QED) is 0.644. The number of anilines is 1. The average molecular weight is 309 g/mol. The van der Waals surface area contributed by atoms with Gasteiger partial charge in [0.05, 0.1) is 17.7 Å². The van der Waals surface area contributed by atoms with Gasteiger partial charge >= 0.3 is 0 Å². The number of hydrogen-bond acceptors (Lipinski definition) is 7. The Morgan fingerprint density at radius 3 is 2.95 bits per heavy atom. The molecular formula is C12H15N5O3S. The maximum Gasteiger partial charge on any atom is 0.288 e. The van der Waals surface area contributed by atoms with Gasteiger partial charge in [0, 0.05) is 29.7 Å². The van der Waals surface area contributed by atoms with Crippen LogP contribution >= 0.6 is 11.5 Å². The fourth-order valence-electron chi connectivity index (χ4n) is 1.82. The van der Waals surface area contributed by atoms with Crippen LogP contribution in [0.1, 0.15) is 24.6 Å². The monoisotopic (exact) mass is 309 g/mol. The summed E-state index contributed by atoms with van der Waals surface area (Å²) in [5.74, 6) is 0. The molecule has 0 aliphatic carbocycles. The van der Waals surface area contributed by atoms with Crippen LogP contribution in [0.15, 0.2) is 17.1 Å². The van der Waals surface area contributed by atoms with E-state index in [1.165, 1.54) is 28.4 Å². The van der Waals surface area contributed by atoms with Crippen LogP contribution in [-0.2, 0) is 6.54 Å². The topological polar surface area (TPSA) is 103 Å². The van der Waals surface area contributed by atoms with E-state index in [2.05, 4.69) is 14.9 Å². The molecule has 0 aliphatic heterocycles.